The van der Waals surface area contributed by atoms with E-state index < -0.39 is 0 Å². The van der Waals surface area contributed by atoms with E-state index in [2.05, 4.69) is 4.90 Å². The van der Waals surface area contributed by atoms with E-state index >= 15 is 0 Å². The first-order valence-electron chi connectivity index (χ1n) is 8.94. The highest BCUT2D eigenvalue weighted by Crippen LogP contribution is 2.31. The van der Waals surface area contributed by atoms with Gasteiger partial charge in [-0.15, -0.1) is 0 Å². The van der Waals surface area contributed by atoms with E-state index in [1.54, 1.807) is 0 Å². The fourth-order valence-corrected chi connectivity index (χ4v) is 4.12. The highest BCUT2D eigenvalue weighted by molar-refractivity contribution is 5.74. The van der Waals surface area contributed by atoms with E-state index in [4.69, 9.17) is 14.7 Å². The van der Waals surface area contributed by atoms with E-state index in [-0.39, 0.29) is 12.0 Å². The van der Waals surface area contributed by atoms with Gasteiger partial charge in [-0.25, -0.2) is 9.97 Å². The third kappa shape index (κ3) is 3.04. The summed E-state index contributed by atoms with van der Waals surface area (Å²) in [6.45, 7) is 5.25. The number of ether oxygens (including phenoxy) is 1. The number of hydrogen-bond donors (Lipinski definition) is 1. The third-order valence-corrected chi connectivity index (χ3v) is 5.47. The summed E-state index contributed by atoms with van der Waals surface area (Å²) in [5.74, 6) is 0.218. The first kappa shape index (κ1) is 15.9. The number of aromatic nitrogens is 2. The average molecular weight is 327 g/mol. The Morgan fingerprint density at radius 3 is 2.79 bits per heavy atom. The molecule has 0 aliphatic carbocycles. The Bertz CT molecular complexity index is 721. The molecule has 0 spiro atoms. The summed E-state index contributed by atoms with van der Waals surface area (Å²) in [6, 6.07) is 8.41. The first-order valence-corrected chi connectivity index (χ1v) is 8.94. The van der Waals surface area contributed by atoms with Crippen molar-refractivity contribution in [2.24, 2.45) is 5.92 Å². The lowest BCUT2D eigenvalue weighted by Gasteiger charge is -2.37. The van der Waals surface area contributed by atoms with Gasteiger partial charge < -0.3 is 9.84 Å². The molecule has 2 aromatic rings. The van der Waals surface area contributed by atoms with Gasteiger partial charge in [0.15, 0.2) is 0 Å². The molecule has 1 N–H and O–H groups in total. The number of rotatable bonds is 3. The van der Waals surface area contributed by atoms with Crippen molar-refractivity contribution in [3.8, 4) is 0 Å². The standard InChI is InChI=1S/C19H25N3O2/c1-13-17(21-16-6-3-2-5-15(16)20-13)11-22-9-4-7-18(22)14-12-24-10-8-19(14)23/h2-3,5-6,14,18-19,23H,4,7-12H2,1H3/t14-,18+,19+/m0/s1. The predicted octanol–water partition coefficient (Wildman–Crippen LogP) is 2.30. The molecule has 5 nitrogen and oxygen atoms in total. The Labute approximate surface area is 142 Å². The van der Waals surface area contributed by atoms with Crippen molar-refractivity contribution in [1.82, 2.24) is 14.9 Å². The summed E-state index contributed by atoms with van der Waals surface area (Å²) < 4.78 is 5.63. The van der Waals surface area contributed by atoms with Gasteiger partial charge in [-0.1, -0.05) is 12.1 Å². The number of hydrogen-bond acceptors (Lipinski definition) is 5. The predicted molar refractivity (Wildman–Crippen MR) is 92.6 cm³/mol. The van der Waals surface area contributed by atoms with Gasteiger partial charge in [-0.05, 0) is 44.9 Å². The molecule has 3 atom stereocenters. The maximum absolute atomic E-state index is 10.4. The summed E-state index contributed by atoms with van der Waals surface area (Å²) in [5.41, 5.74) is 3.95. The number of likely N-dealkylation sites (tertiary alicyclic amines) is 1. The SMILES string of the molecule is Cc1nc2ccccc2nc1CN1CCC[C@@H]1[C@@H]1COCC[C@H]1O. The second-order valence-corrected chi connectivity index (χ2v) is 7.02. The monoisotopic (exact) mass is 327 g/mol. The van der Waals surface area contributed by atoms with E-state index in [0.29, 0.717) is 19.3 Å². The summed E-state index contributed by atoms with van der Waals surface area (Å²) >= 11 is 0. The van der Waals surface area contributed by atoms with Gasteiger partial charge in [-0.3, -0.25) is 4.90 Å². The quantitative estimate of drug-likeness (QED) is 0.937. The number of benzene rings is 1. The molecule has 5 heteroatoms. The van der Waals surface area contributed by atoms with E-state index in [1.165, 1.54) is 6.42 Å². The lowest BCUT2D eigenvalue weighted by atomic mass is 9.89. The van der Waals surface area contributed by atoms with Crippen LogP contribution in [0.2, 0.25) is 0 Å². The van der Waals surface area contributed by atoms with Crippen LogP contribution in [-0.4, -0.2) is 51.9 Å². The Hall–Kier alpha value is -1.56. The van der Waals surface area contributed by atoms with Crippen molar-refractivity contribution >= 4 is 11.0 Å². The fraction of sp³-hybridized carbons (Fsp3) is 0.579. The Morgan fingerprint density at radius 1 is 1.21 bits per heavy atom. The fourth-order valence-electron chi connectivity index (χ4n) is 4.12. The molecule has 1 aromatic heterocycles. The summed E-state index contributed by atoms with van der Waals surface area (Å²) in [5, 5.41) is 10.4. The van der Waals surface area contributed by atoms with Crippen LogP contribution in [0.4, 0.5) is 0 Å². The first-order chi connectivity index (χ1) is 11.7. The van der Waals surface area contributed by atoms with Gasteiger partial charge >= 0.3 is 0 Å². The van der Waals surface area contributed by atoms with Crippen LogP contribution in [0.1, 0.15) is 30.7 Å². The molecule has 2 fully saturated rings. The summed E-state index contributed by atoms with van der Waals surface area (Å²) in [7, 11) is 0. The zero-order chi connectivity index (χ0) is 16.5. The van der Waals surface area contributed by atoms with Crippen LogP contribution < -0.4 is 0 Å². The molecule has 2 aliphatic rings. The van der Waals surface area contributed by atoms with Crippen molar-refractivity contribution in [1.29, 1.82) is 0 Å². The van der Waals surface area contributed by atoms with Crippen LogP contribution in [0, 0.1) is 12.8 Å². The molecule has 128 valence electrons. The van der Waals surface area contributed by atoms with Crippen molar-refractivity contribution in [3.63, 3.8) is 0 Å². The number of aliphatic hydroxyl groups is 1. The Morgan fingerprint density at radius 2 is 2.00 bits per heavy atom. The van der Waals surface area contributed by atoms with Gasteiger partial charge in [-0.2, -0.15) is 0 Å². The van der Waals surface area contributed by atoms with Crippen LogP contribution in [0.15, 0.2) is 24.3 Å². The average Bonchev–Trinajstić information content (AvgIpc) is 3.04. The molecular weight excluding hydrogens is 302 g/mol. The molecule has 0 radical (unpaired) electrons. The van der Waals surface area contributed by atoms with E-state index in [0.717, 1.165) is 48.4 Å². The minimum absolute atomic E-state index is 0.218. The van der Waals surface area contributed by atoms with Crippen molar-refractivity contribution in [2.75, 3.05) is 19.8 Å². The molecule has 0 bridgehead atoms. The van der Waals surface area contributed by atoms with Gasteiger partial charge in [0.2, 0.25) is 0 Å². The Balaban J connectivity index is 1.56. The summed E-state index contributed by atoms with van der Waals surface area (Å²) in [6.07, 6.45) is 2.82. The zero-order valence-electron chi connectivity index (χ0n) is 14.2. The summed E-state index contributed by atoms with van der Waals surface area (Å²) in [4.78, 5) is 12.0. The maximum atomic E-state index is 10.4. The molecule has 4 rings (SSSR count). The number of aliphatic hydroxyl groups excluding tert-OH is 1. The molecule has 3 heterocycles. The van der Waals surface area contributed by atoms with E-state index in [9.17, 15) is 5.11 Å². The second kappa shape index (κ2) is 6.75. The second-order valence-electron chi connectivity index (χ2n) is 7.02. The van der Waals surface area contributed by atoms with Gasteiger partial charge in [0, 0.05) is 25.1 Å². The normalized spacial score (nSPS) is 28.5. The van der Waals surface area contributed by atoms with Crippen LogP contribution in [0.5, 0.6) is 0 Å². The minimum atomic E-state index is -0.242. The molecule has 1 aromatic carbocycles. The molecule has 2 aliphatic heterocycles. The smallest absolute Gasteiger partial charge is 0.0890 e. The van der Waals surface area contributed by atoms with Crippen LogP contribution in [0.3, 0.4) is 0 Å². The molecule has 2 saturated heterocycles. The Kier molecular flexibility index (Phi) is 4.48. The maximum Gasteiger partial charge on any atom is 0.0890 e. The van der Waals surface area contributed by atoms with Crippen molar-refractivity contribution < 1.29 is 9.84 Å². The van der Waals surface area contributed by atoms with Crippen LogP contribution in [-0.2, 0) is 11.3 Å². The largest absolute Gasteiger partial charge is 0.393 e. The third-order valence-electron chi connectivity index (χ3n) is 5.47. The molecular formula is C19H25N3O2. The van der Waals surface area contributed by atoms with Crippen LogP contribution in [0.25, 0.3) is 11.0 Å². The molecule has 0 amide bonds. The highest BCUT2D eigenvalue weighted by atomic mass is 16.5. The van der Waals surface area contributed by atoms with Crippen molar-refractivity contribution in [3.05, 3.63) is 35.7 Å². The van der Waals surface area contributed by atoms with Gasteiger partial charge in [0.25, 0.3) is 0 Å². The number of para-hydroxylation sites is 2. The van der Waals surface area contributed by atoms with Crippen LogP contribution >= 0.6 is 0 Å². The van der Waals surface area contributed by atoms with Crippen molar-refractivity contribution in [2.45, 2.75) is 44.9 Å². The molecule has 0 saturated carbocycles. The topological polar surface area (TPSA) is 58.5 Å². The van der Waals surface area contributed by atoms with E-state index in [1.807, 2.05) is 31.2 Å². The lowest BCUT2D eigenvalue weighted by molar-refractivity contribution is -0.0637. The molecule has 24 heavy (non-hydrogen) atoms. The number of nitrogens with zero attached hydrogens (tertiary/aromatic N) is 3. The van der Waals surface area contributed by atoms with Gasteiger partial charge in [0.05, 0.1) is 35.1 Å². The highest BCUT2D eigenvalue weighted by Gasteiger charge is 2.37. The number of fused-ring (bicyclic) bond motifs is 1. The van der Waals surface area contributed by atoms with Gasteiger partial charge in [0.1, 0.15) is 0 Å². The number of aryl methyl sites for hydroxylation is 1. The lowest BCUT2D eigenvalue weighted by Crippen LogP contribution is -2.46. The minimum Gasteiger partial charge on any atom is -0.393 e. The zero-order valence-corrected chi connectivity index (χ0v) is 14.2. The molecule has 0 unspecified atom stereocenters.